The van der Waals surface area contributed by atoms with Crippen molar-refractivity contribution in [2.45, 2.75) is 64.9 Å². The molecule has 0 N–H and O–H groups in total. The van der Waals surface area contributed by atoms with Gasteiger partial charge in [0, 0.05) is 6.61 Å². The molecular weight excluding hydrogens is 160 g/mol. The molecule has 78 valence electrons. The third-order valence-corrected chi connectivity index (χ3v) is 2.72. The second kappa shape index (κ2) is 6.42. The summed E-state index contributed by atoms with van der Waals surface area (Å²) in [5.41, 5.74) is 0. The SMILES string of the molecule is CC(C)COC1CCCCCCC1. The minimum Gasteiger partial charge on any atom is -0.378 e. The summed E-state index contributed by atoms with van der Waals surface area (Å²) in [6, 6.07) is 0. The molecule has 0 aromatic heterocycles. The number of hydrogen-bond acceptors (Lipinski definition) is 1. The van der Waals surface area contributed by atoms with Crippen LogP contribution < -0.4 is 0 Å². The van der Waals surface area contributed by atoms with Crippen molar-refractivity contribution in [1.82, 2.24) is 0 Å². The van der Waals surface area contributed by atoms with Crippen LogP contribution in [-0.4, -0.2) is 12.7 Å². The van der Waals surface area contributed by atoms with E-state index in [9.17, 15) is 0 Å². The summed E-state index contributed by atoms with van der Waals surface area (Å²) < 4.78 is 5.88. The number of hydrogen-bond donors (Lipinski definition) is 0. The Morgan fingerprint density at radius 3 is 2.08 bits per heavy atom. The third kappa shape index (κ3) is 5.30. The molecule has 1 aliphatic rings. The summed E-state index contributed by atoms with van der Waals surface area (Å²) in [4.78, 5) is 0. The lowest BCUT2D eigenvalue weighted by Gasteiger charge is -2.21. The highest BCUT2D eigenvalue weighted by Gasteiger charge is 2.11. The van der Waals surface area contributed by atoms with Gasteiger partial charge in [0.15, 0.2) is 0 Å². The van der Waals surface area contributed by atoms with Gasteiger partial charge in [0.1, 0.15) is 0 Å². The van der Waals surface area contributed by atoms with Crippen molar-refractivity contribution in [3.63, 3.8) is 0 Å². The molecule has 0 aliphatic heterocycles. The minimum absolute atomic E-state index is 0.572. The van der Waals surface area contributed by atoms with Crippen molar-refractivity contribution in [3.8, 4) is 0 Å². The maximum absolute atomic E-state index is 5.88. The molecule has 0 spiro atoms. The third-order valence-electron chi connectivity index (χ3n) is 2.72. The van der Waals surface area contributed by atoms with E-state index in [-0.39, 0.29) is 0 Å². The van der Waals surface area contributed by atoms with Gasteiger partial charge in [-0.15, -0.1) is 0 Å². The quantitative estimate of drug-likeness (QED) is 0.648. The molecule has 0 amide bonds. The lowest BCUT2D eigenvalue weighted by atomic mass is 9.98. The molecule has 1 nitrogen and oxygen atoms in total. The zero-order chi connectivity index (χ0) is 9.52. The Morgan fingerprint density at radius 2 is 1.54 bits per heavy atom. The first-order chi connectivity index (χ1) is 6.29. The van der Waals surface area contributed by atoms with Crippen molar-refractivity contribution in [1.29, 1.82) is 0 Å². The van der Waals surface area contributed by atoms with Crippen molar-refractivity contribution < 1.29 is 4.74 Å². The molecule has 1 rings (SSSR count). The molecule has 0 unspecified atom stereocenters. The van der Waals surface area contributed by atoms with Gasteiger partial charge < -0.3 is 4.74 Å². The van der Waals surface area contributed by atoms with Gasteiger partial charge in [0.05, 0.1) is 6.10 Å². The summed E-state index contributed by atoms with van der Waals surface area (Å²) in [6.07, 6.45) is 10.2. The standard InChI is InChI=1S/C12H24O/c1-11(2)10-13-12-8-6-4-3-5-7-9-12/h11-12H,3-10H2,1-2H3. The predicted octanol–water partition coefficient (Wildman–Crippen LogP) is 3.77. The molecule has 0 atom stereocenters. The maximum atomic E-state index is 5.88. The van der Waals surface area contributed by atoms with Gasteiger partial charge in [-0.05, 0) is 18.8 Å². The highest BCUT2D eigenvalue weighted by atomic mass is 16.5. The zero-order valence-electron chi connectivity index (χ0n) is 9.22. The molecule has 0 aromatic carbocycles. The smallest absolute Gasteiger partial charge is 0.0575 e. The summed E-state index contributed by atoms with van der Waals surface area (Å²) in [5.74, 6) is 0.686. The van der Waals surface area contributed by atoms with Gasteiger partial charge in [-0.2, -0.15) is 0 Å². The second-order valence-corrected chi connectivity index (χ2v) is 4.69. The van der Waals surface area contributed by atoms with E-state index in [0.29, 0.717) is 12.0 Å². The van der Waals surface area contributed by atoms with E-state index in [1.807, 2.05) is 0 Å². The summed E-state index contributed by atoms with van der Waals surface area (Å²) >= 11 is 0. The van der Waals surface area contributed by atoms with Crippen LogP contribution in [0.4, 0.5) is 0 Å². The van der Waals surface area contributed by atoms with Gasteiger partial charge in [0.25, 0.3) is 0 Å². The maximum Gasteiger partial charge on any atom is 0.0575 e. The van der Waals surface area contributed by atoms with Gasteiger partial charge >= 0.3 is 0 Å². The Kier molecular flexibility index (Phi) is 5.45. The fourth-order valence-electron chi connectivity index (χ4n) is 1.91. The van der Waals surface area contributed by atoms with Crippen molar-refractivity contribution in [3.05, 3.63) is 0 Å². The summed E-state index contributed by atoms with van der Waals surface area (Å²) in [7, 11) is 0. The highest BCUT2D eigenvalue weighted by molar-refractivity contribution is 4.63. The molecular formula is C12H24O. The van der Waals surface area contributed by atoms with Gasteiger partial charge in [-0.3, -0.25) is 0 Å². The highest BCUT2D eigenvalue weighted by Crippen LogP contribution is 2.19. The Bertz CT molecular complexity index is 112. The molecule has 0 saturated heterocycles. The Morgan fingerprint density at radius 1 is 1.00 bits per heavy atom. The molecule has 1 fully saturated rings. The van der Waals surface area contributed by atoms with E-state index in [1.54, 1.807) is 0 Å². The molecule has 0 aromatic rings. The van der Waals surface area contributed by atoms with Crippen LogP contribution >= 0.6 is 0 Å². The van der Waals surface area contributed by atoms with Crippen LogP contribution in [0.1, 0.15) is 58.8 Å². The molecule has 1 saturated carbocycles. The van der Waals surface area contributed by atoms with Crippen LogP contribution in [-0.2, 0) is 4.74 Å². The van der Waals surface area contributed by atoms with Crippen molar-refractivity contribution in [2.75, 3.05) is 6.61 Å². The molecule has 0 heterocycles. The Balaban J connectivity index is 2.14. The first-order valence-electron chi connectivity index (χ1n) is 5.90. The van der Waals surface area contributed by atoms with E-state index in [2.05, 4.69) is 13.8 Å². The average molecular weight is 184 g/mol. The van der Waals surface area contributed by atoms with Crippen LogP contribution in [0.25, 0.3) is 0 Å². The summed E-state index contributed by atoms with van der Waals surface area (Å²) in [6.45, 7) is 5.40. The van der Waals surface area contributed by atoms with E-state index in [0.717, 1.165) is 6.61 Å². The van der Waals surface area contributed by atoms with Crippen LogP contribution in [0.5, 0.6) is 0 Å². The molecule has 0 radical (unpaired) electrons. The monoisotopic (exact) mass is 184 g/mol. The van der Waals surface area contributed by atoms with Crippen molar-refractivity contribution >= 4 is 0 Å². The lowest BCUT2D eigenvalue weighted by Crippen LogP contribution is -2.17. The second-order valence-electron chi connectivity index (χ2n) is 4.69. The van der Waals surface area contributed by atoms with E-state index in [1.165, 1.54) is 44.9 Å². The Hall–Kier alpha value is -0.0400. The molecule has 0 bridgehead atoms. The van der Waals surface area contributed by atoms with E-state index >= 15 is 0 Å². The van der Waals surface area contributed by atoms with E-state index < -0.39 is 0 Å². The topological polar surface area (TPSA) is 9.23 Å². The van der Waals surface area contributed by atoms with Crippen LogP contribution in [0.3, 0.4) is 0 Å². The van der Waals surface area contributed by atoms with Gasteiger partial charge in [-0.25, -0.2) is 0 Å². The van der Waals surface area contributed by atoms with Crippen LogP contribution in [0, 0.1) is 5.92 Å². The van der Waals surface area contributed by atoms with E-state index in [4.69, 9.17) is 4.74 Å². The van der Waals surface area contributed by atoms with Crippen LogP contribution in [0.2, 0.25) is 0 Å². The molecule has 1 aliphatic carbocycles. The average Bonchev–Trinajstić information content (AvgIpc) is 2.01. The minimum atomic E-state index is 0.572. The largest absolute Gasteiger partial charge is 0.378 e. The predicted molar refractivity (Wildman–Crippen MR) is 56.9 cm³/mol. The van der Waals surface area contributed by atoms with Gasteiger partial charge in [-0.1, -0.05) is 46.0 Å². The fourth-order valence-corrected chi connectivity index (χ4v) is 1.91. The summed E-state index contributed by atoms with van der Waals surface area (Å²) in [5, 5.41) is 0. The number of rotatable bonds is 3. The van der Waals surface area contributed by atoms with Gasteiger partial charge in [0.2, 0.25) is 0 Å². The fraction of sp³-hybridized carbons (Fsp3) is 1.00. The Labute approximate surface area is 82.9 Å². The normalized spacial score (nSPS) is 21.5. The van der Waals surface area contributed by atoms with Crippen LogP contribution in [0.15, 0.2) is 0 Å². The molecule has 13 heavy (non-hydrogen) atoms. The lowest BCUT2D eigenvalue weighted by molar-refractivity contribution is 0.0201. The molecule has 1 heteroatoms. The zero-order valence-corrected chi connectivity index (χ0v) is 9.22. The first kappa shape index (κ1) is 11.0. The van der Waals surface area contributed by atoms with Crippen molar-refractivity contribution in [2.24, 2.45) is 5.92 Å². The first-order valence-corrected chi connectivity index (χ1v) is 5.90. The number of ether oxygens (including phenoxy) is 1.